The number of anilines is 1. The van der Waals surface area contributed by atoms with E-state index in [1.807, 2.05) is 66.3 Å². The fourth-order valence-electron chi connectivity index (χ4n) is 5.33. The van der Waals surface area contributed by atoms with Crippen LogP contribution >= 0.6 is 22.7 Å². The Morgan fingerprint density at radius 1 is 0.911 bits per heavy atom. The summed E-state index contributed by atoms with van der Waals surface area (Å²) in [6.45, 7) is 6.62. The number of ether oxygens (including phenoxy) is 2. The number of carbonyl (C=O) groups excluding carboxylic acids is 2. The molecule has 2 amide bonds. The third-order valence-corrected chi connectivity index (χ3v) is 9.80. The average Bonchev–Trinajstić information content (AvgIpc) is 3.78. The van der Waals surface area contributed by atoms with Gasteiger partial charge < -0.3 is 9.47 Å². The van der Waals surface area contributed by atoms with Gasteiger partial charge in [-0.25, -0.2) is 9.78 Å². The SMILES string of the molecule is CC(C)(C)OC(=O)N(NC(=O)c1ccc(C2(c3ncc(-c4cccnc4)s3)CCOCC2)cc1)c1ccc(-c2cccs2)cc1. The van der Waals surface area contributed by atoms with E-state index in [0.717, 1.165) is 49.3 Å². The Morgan fingerprint density at radius 2 is 1.67 bits per heavy atom. The van der Waals surface area contributed by atoms with Crippen LogP contribution in [0.2, 0.25) is 0 Å². The number of amides is 2. The van der Waals surface area contributed by atoms with Crippen molar-refractivity contribution >= 4 is 40.4 Å². The molecule has 0 radical (unpaired) electrons. The zero-order valence-corrected chi connectivity index (χ0v) is 27.0. The Hall–Kier alpha value is -4.38. The number of nitrogens with zero attached hydrogens (tertiary/aromatic N) is 3. The minimum absolute atomic E-state index is 0.328. The standard InChI is InChI=1S/C35H34N4O4S2/c1-34(2,3)43-33(41)39(28-14-10-24(11-15-28)29-7-5-21-44-29)38-31(40)25-8-12-27(13-9-25)35(16-19-42-20-17-35)32-37-23-30(45-32)26-6-4-18-36-22-26/h4-15,18,21-23H,16-17,19-20H2,1-3H3,(H,38,40). The molecule has 4 heterocycles. The lowest BCUT2D eigenvalue weighted by atomic mass is 9.74. The van der Waals surface area contributed by atoms with Crippen molar-refractivity contribution < 1.29 is 19.1 Å². The van der Waals surface area contributed by atoms with Gasteiger partial charge in [-0.2, -0.15) is 5.01 Å². The molecule has 1 aliphatic heterocycles. The van der Waals surface area contributed by atoms with E-state index in [9.17, 15) is 9.59 Å². The van der Waals surface area contributed by atoms with Crippen molar-refractivity contribution in [2.24, 2.45) is 0 Å². The number of pyridine rings is 1. The van der Waals surface area contributed by atoms with Gasteiger partial charge in [0.25, 0.3) is 5.91 Å². The number of thiazole rings is 1. The van der Waals surface area contributed by atoms with Gasteiger partial charge in [-0.05, 0) is 86.5 Å². The molecule has 230 valence electrons. The molecule has 1 fully saturated rings. The number of hydrazine groups is 1. The van der Waals surface area contributed by atoms with Crippen molar-refractivity contribution in [2.75, 3.05) is 18.2 Å². The minimum atomic E-state index is -0.747. The predicted octanol–water partition coefficient (Wildman–Crippen LogP) is 8.12. The van der Waals surface area contributed by atoms with Gasteiger partial charge in [-0.3, -0.25) is 15.2 Å². The zero-order valence-electron chi connectivity index (χ0n) is 25.4. The smallest absolute Gasteiger partial charge is 0.434 e. The van der Waals surface area contributed by atoms with Crippen molar-refractivity contribution in [1.82, 2.24) is 15.4 Å². The summed E-state index contributed by atoms with van der Waals surface area (Å²) in [6, 6.07) is 23.0. The van der Waals surface area contributed by atoms with E-state index in [4.69, 9.17) is 14.5 Å². The van der Waals surface area contributed by atoms with Gasteiger partial charge in [0, 0.05) is 47.8 Å². The normalized spacial score (nSPS) is 14.5. The van der Waals surface area contributed by atoms with E-state index >= 15 is 0 Å². The van der Waals surface area contributed by atoms with Gasteiger partial charge in [-0.15, -0.1) is 22.7 Å². The van der Waals surface area contributed by atoms with Crippen molar-refractivity contribution in [3.63, 3.8) is 0 Å². The van der Waals surface area contributed by atoms with E-state index in [0.29, 0.717) is 24.5 Å². The first kappa shape index (κ1) is 30.6. The summed E-state index contributed by atoms with van der Waals surface area (Å²) in [4.78, 5) is 38.1. The molecular formula is C35H34N4O4S2. The lowest BCUT2D eigenvalue weighted by Crippen LogP contribution is -2.48. The number of nitrogens with one attached hydrogen (secondary N) is 1. The van der Waals surface area contributed by atoms with E-state index in [1.54, 1.807) is 73.9 Å². The van der Waals surface area contributed by atoms with Gasteiger partial charge in [0.2, 0.25) is 0 Å². The molecule has 5 aromatic rings. The average molecular weight is 639 g/mol. The van der Waals surface area contributed by atoms with Crippen LogP contribution in [0.3, 0.4) is 0 Å². The first-order valence-electron chi connectivity index (χ1n) is 14.7. The lowest BCUT2D eigenvalue weighted by molar-refractivity contribution is 0.0548. The molecule has 0 bridgehead atoms. The topological polar surface area (TPSA) is 93.7 Å². The largest absolute Gasteiger partial charge is 0.442 e. The Balaban J connectivity index is 1.25. The second-order valence-electron chi connectivity index (χ2n) is 11.8. The molecular weight excluding hydrogens is 605 g/mol. The van der Waals surface area contributed by atoms with Gasteiger partial charge >= 0.3 is 6.09 Å². The number of aromatic nitrogens is 2. The maximum Gasteiger partial charge on any atom is 0.434 e. The quantitative estimate of drug-likeness (QED) is 0.189. The second kappa shape index (κ2) is 12.9. The molecule has 0 aliphatic carbocycles. The molecule has 45 heavy (non-hydrogen) atoms. The third-order valence-electron chi connectivity index (χ3n) is 7.63. The van der Waals surface area contributed by atoms with Crippen LogP contribution in [0, 0.1) is 0 Å². The van der Waals surface area contributed by atoms with Crippen LogP contribution in [-0.4, -0.2) is 40.8 Å². The molecule has 10 heteroatoms. The van der Waals surface area contributed by atoms with Crippen molar-refractivity contribution in [1.29, 1.82) is 0 Å². The lowest BCUT2D eigenvalue weighted by Gasteiger charge is -2.36. The summed E-state index contributed by atoms with van der Waals surface area (Å²) < 4.78 is 11.4. The van der Waals surface area contributed by atoms with E-state index in [-0.39, 0.29) is 5.41 Å². The van der Waals surface area contributed by atoms with Gasteiger partial charge in [0.1, 0.15) is 10.6 Å². The highest BCUT2D eigenvalue weighted by Crippen LogP contribution is 2.44. The molecule has 1 aliphatic rings. The number of thiophene rings is 1. The molecule has 8 nitrogen and oxygen atoms in total. The summed E-state index contributed by atoms with van der Waals surface area (Å²) in [5.74, 6) is -0.427. The van der Waals surface area contributed by atoms with Crippen LogP contribution in [0.1, 0.15) is 54.5 Å². The zero-order chi connectivity index (χ0) is 31.4. The highest BCUT2D eigenvalue weighted by atomic mass is 32.1. The maximum absolute atomic E-state index is 13.6. The predicted molar refractivity (Wildman–Crippen MR) is 179 cm³/mol. The molecule has 2 aromatic carbocycles. The molecule has 0 spiro atoms. The first-order chi connectivity index (χ1) is 21.7. The highest BCUT2D eigenvalue weighted by Gasteiger charge is 2.39. The van der Waals surface area contributed by atoms with Gasteiger partial charge in [0.15, 0.2) is 0 Å². The minimum Gasteiger partial charge on any atom is -0.442 e. The molecule has 6 rings (SSSR count). The second-order valence-corrected chi connectivity index (χ2v) is 13.8. The number of benzene rings is 2. The number of carbonyl (C=O) groups is 2. The number of hydrogen-bond acceptors (Lipinski definition) is 8. The first-order valence-corrected chi connectivity index (χ1v) is 16.4. The highest BCUT2D eigenvalue weighted by molar-refractivity contribution is 7.15. The Bertz CT molecular complexity index is 1740. The Labute approximate surface area is 270 Å². The molecule has 3 aromatic heterocycles. The van der Waals surface area contributed by atoms with Crippen LogP contribution < -0.4 is 10.4 Å². The molecule has 0 atom stereocenters. The summed E-state index contributed by atoms with van der Waals surface area (Å²) >= 11 is 3.30. The summed E-state index contributed by atoms with van der Waals surface area (Å²) in [5.41, 5.74) is 5.73. The van der Waals surface area contributed by atoms with E-state index < -0.39 is 17.6 Å². The Kier molecular flexibility index (Phi) is 8.80. The van der Waals surface area contributed by atoms with Crippen LogP contribution in [0.4, 0.5) is 10.5 Å². The Morgan fingerprint density at radius 3 is 2.31 bits per heavy atom. The molecule has 0 unspecified atom stereocenters. The van der Waals surface area contributed by atoms with Crippen molar-refractivity contribution in [3.8, 4) is 20.9 Å². The fourth-order valence-corrected chi connectivity index (χ4v) is 7.24. The molecule has 0 saturated carbocycles. The van der Waals surface area contributed by atoms with Crippen LogP contribution in [0.25, 0.3) is 20.9 Å². The maximum atomic E-state index is 13.6. The van der Waals surface area contributed by atoms with Gasteiger partial charge in [0.05, 0.1) is 16.0 Å². The number of hydrogen-bond donors (Lipinski definition) is 1. The van der Waals surface area contributed by atoms with Crippen molar-refractivity contribution in [3.05, 3.63) is 113 Å². The monoisotopic (exact) mass is 638 g/mol. The van der Waals surface area contributed by atoms with Crippen LogP contribution in [-0.2, 0) is 14.9 Å². The summed E-state index contributed by atoms with van der Waals surface area (Å²) in [6.07, 6.45) is 6.41. The van der Waals surface area contributed by atoms with Crippen molar-refractivity contribution in [2.45, 2.75) is 44.6 Å². The molecule has 1 N–H and O–H groups in total. The molecule has 1 saturated heterocycles. The van der Waals surface area contributed by atoms with E-state index in [2.05, 4.69) is 10.4 Å². The van der Waals surface area contributed by atoms with Crippen LogP contribution in [0.5, 0.6) is 0 Å². The third kappa shape index (κ3) is 6.83. The summed E-state index contributed by atoms with van der Waals surface area (Å²) in [7, 11) is 0. The summed E-state index contributed by atoms with van der Waals surface area (Å²) in [5, 5.41) is 4.20. The fraction of sp³-hybridized carbons (Fsp3) is 0.257. The van der Waals surface area contributed by atoms with E-state index in [1.165, 1.54) is 0 Å². The number of rotatable bonds is 6. The van der Waals surface area contributed by atoms with Gasteiger partial charge in [-0.1, -0.05) is 36.4 Å². The van der Waals surface area contributed by atoms with Crippen LogP contribution in [0.15, 0.2) is 96.8 Å².